The van der Waals surface area contributed by atoms with Crippen LogP contribution in [-0.2, 0) is 15.6 Å². The van der Waals surface area contributed by atoms with E-state index in [9.17, 15) is 12.8 Å². The molecule has 0 atom stereocenters. The smallest absolute Gasteiger partial charge is 0.184 e. The van der Waals surface area contributed by atoms with Gasteiger partial charge in [-0.25, -0.2) is 12.8 Å². The molecule has 0 aliphatic carbocycles. The molecule has 106 valence electrons. The van der Waals surface area contributed by atoms with Crippen molar-refractivity contribution in [3.63, 3.8) is 0 Å². The number of hydrogen-bond acceptors (Lipinski definition) is 3. The molecule has 2 rings (SSSR count). The van der Waals surface area contributed by atoms with Crippen molar-refractivity contribution in [3.05, 3.63) is 56.7 Å². The molecule has 0 saturated heterocycles. The third-order valence-electron chi connectivity index (χ3n) is 2.67. The number of sulfone groups is 1. The number of halogens is 3. The lowest BCUT2D eigenvalue weighted by molar-refractivity contribution is 0.587. The van der Waals surface area contributed by atoms with Gasteiger partial charge in [0.2, 0.25) is 0 Å². The molecule has 0 saturated carbocycles. The van der Waals surface area contributed by atoms with Crippen LogP contribution >= 0.6 is 31.9 Å². The Kier molecular flexibility index (Phi) is 4.51. The standard InChI is InChI=1S/C13H10Br2FNO2S/c14-9-2-1-8(11(16)5-9)7-20(18,19)13-6-10(15)3-4-12(13)17/h1-6H,7,17H2. The third kappa shape index (κ3) is 3.39. The van der Waals surface area contributed by atoms with E-state index in [-0.39, 0.29) is 16.1 Å². The molecule has 0 bridgehead atoms. The fraction of sp³-hybridized carbons (Fsp3) is 0.0769. The zero-order valence-electron chi connectivity index (χ0n) is 10.1. The molecule has 20 heavy (non-hydrogen) atoms. The maximum Gasteiger partial charge on any atom is 0.184 e. The van der Waals surface area contributed by atoms with Gasteiger partial charge < -0.3 is 5.73 Å². The monoisotopic (exact) mass is 421 g/mol. The van der Waals surface area contributed by atoms with E-state index in [0.717, 1.165) is 0 Å². The molecule has 2 N–H and O–H groups in total. The Morgan fingerprint density at radius 1 is 1.05 bits per heavy atom. The van der Waals surface area contributed by atoms with E-state index >= 15 is 0 Å². The quantitative estimate of drug-likeness (QED) is 0.763. The van der Waals surface area contributed by atoms with Crippen molar-refractivity contribution in [2.24, 2.45) is 0 Å². The van der Waals surface area contributed by atoms with Gasteiger partial charge in [-0.3, -0.25) is 0 Å². The number of nitrogens with two attached hydrogens (primary N) is 1. The predicted molar refractivity (Wildman–Crippen MR) is 83.5 cm³/mol. The van der Waals surface area contributed by atoms with Crippen molar-refractivity contribution >= 4 is 47.4 Å². The maximum absolute atomic E-state index is 13.7. The minimum atomic E-state index is -3.71. The minimum absolute atomic E-state index is 0.00538. The van der Waals surface area contributed by atoms with Gasteiger partial charge >= 0.3 is 0 Å². The van der Waals surface area contributed by atoms with E-state index in [1.165, 1.54) is 24.3 Å². The Hall–Kier alpha value is -0.920. The highest BCUT2D eigenvalue weighted by molar-refractivity contribution is 9.10. The third-order valence-corrected chi connectivity index (χ3v) is 5.37. The topological polar surface area (TPSA) is 60.2 Å². The van der Waals surface area contributed by atoms with Gasteiger partial charge in [-0.05, 0) is 30.3 Å². The van der Waals surface area contributed by atoms with Crippen LogP contribution in [0.5, 0.6) is 0 Å². The second kappa shape index (κ2) is 5.83. The van der Waals surface area contributed by atoms with Crippen LogP contribution in [0.2, 0.25) is 0 Å². The van der Waals surface area contributed by atoms with Crippen molar-refractivity contribution in [1.82, 2.24) is 0 Å². The lowest BCUT2D eigenvalue weighted by atomic mass is 10.2. The van der Waals surface area contributed by atoms with E-state index in [1.807, 2.05) is 0 Å². The molecule has 0 aromatic heterocycles. The first-order valence-corrected chi connectivity index (χ1v) is 8.75. The van der Waals surface area contributed by atoms with Crippen LogP contribution in [0, 0.1) is 5.82 Å². The Morgan fingerprint density at radius 2 is 1.65 bits per heavy atom. The van der Waals surface area contributed by atoms with E-state index in [1.54, 1.807) is 12.1 Å². The summed E-state index contributed by atoms with van der Waals surface area (Å²) < 4.78 is 39.6. The Labute approximate surface area is 133 Å². The van der Waals surface area contributed by atoms with Crippen LogP contribution in [0.4, 0.5) is 10.1 Å². The van der Waals surface area contributed by atoms with Gasteiger partial charge in [-0.1, -0.05) is 37.9 Å². The lowest BCUT2D eigenvalue weighted by Crippen LogP contribution is -2.09. The first-order chi connectivity index (χ1) is 9.29. The summed E-state index contributed by atoms with van der Waals surface area (Å²) in [7, 11) is -3.71. The molecule has 2 aromatic rings. The van der Waals surface area contributed by atoms with Crippen LogP contribution < -0.4 is 5.73 Å². The van der Waals surface area contributed by atoms with Crippen LogP contribution in [0.1, 0.15) is 5.56 Å². The number of hydrogen-bond donors (Lipinski definition) is 1. The largest absolute Gasteiger partial charge is 0.398 e. The molecule has 0 aliphatic rings. The molecule has 0 unspecified atom stereocenters. The average Bonchev–Trinajstić information content (AvgIpc) is 2.35. The summed E-state index contributed by atoms with van der Waals surface area (Å²) in [5.41, 5.74) is 5.94. The highest BCUT2D eigenvalue weighted by Crippen LogP contribution is 2.27. The molecule has 0 radical (unpaired) electrons. The minimum Gasteiger partial charge on any atom is -0.398 e. The van der Waals surface area contributed by atoms with Gasteiger partial charge in [0.05, 0.1) is 16.3 Å². The molecule has 3 nitrogen and oxygen atoms in total. The molecule has 7 heteroatoms. The highest BCUT2D eigenvalue weighted by Gasteiger charge is 2.20. The van der Waals surface area contributed by atoms with Gasteiger partial charge in [0, 0.05) is 14.5 Å². The summed E-state index contributed by atoms with van der Waals surface area (Å²) in [6, 6.07) is 8.82. The molecular formula is C13H10Br2FNO2S. The molecule has 0 fully saturated rings. The number of rotatable bonds is 3. The van der Waals surface area contributed by atoms with Gasteiger partial charge in [0.15, 0.2) is 9.84 Å². The van der Waals surface area contributed by atoms with Crippen molar-refractivity contribution in [2.45, 2.75) is 10.6 Å². The molecule has 0 amide bonds. The Morgan fingerprint density at radius 3 is 2.30 bits per heavy atom. The van der Waals surface area contributed by atoms with Crippen LogP contribution in [-0.4, -0.2) is 8.42 Å². The second-order valence-corrected chi connectivity index (χ2v) is 7.97. The van der Waals surface area contributed by atoms with E-state index in [2.05, 4.69) is 31.9 Å². The number of anilines is 1. The fourth-order valence-corrected chi connectivity index (χ4v) is 4.08. The first kappa shape index (κ1) is 15.5. The Bertz CT molecular complexity index is 763. The summed E-state index contributed by atoms with van der Waals surface area (Å²) in [5.74, 6) is -1.01. The van der Waals surface area contributed by atoms with Crippen molar-refractivity contribution in [1.29, 1.82) is 0 Å². The van der Waals surface area contributed by atoms with Gasteiger partial charge in [-0.15, -0.1) is 0 Å². The molecule has 2 aromatic carbocycles. The zero-order chi connectivity index (χ0) is 14.9. The van der Waals surface area contributed by atoms with E-state index in [0.29, 0.717) is 8.95 Å². The van der Waals surface area contributed by atoms with E-state index < -0.39 is 21.4 Å². The van der Waals surface area contributed by atoms with Gasteiger partial charge in [-0.2, -0.15) is 0 Å². The SMILES string of the molecule is Nc1ccc(Br)cc1S(=O)(=O)Cc1ccc(Br)cc1F. The summed E-state index contributed by atoms with van der Waals surface area (Å²) >= 11 is 6.32. The maximum atomic E-state index is 13.7. The van der Waals surface area contributed by atoms with Gasteiger partial charge in [0.1, 0.15) is 5.82 Å². The summed E-state index contributed by atoms with van der Waals surface area (Å²) in [4.78, 5) is -0.00538. The Balaban J connectivity index is 2.43. The molecular weight excluding hydrogens is 413 g/mol. The average molecular weight is 423 g/mol. The summed E-state index contributed by atoms with van der Waals surface area (Å²) in [6.45, 7) is 0. The summed E-state index contributed by atoms with van der Waals surface area (Å²) in [6.07, 6.45) is 0. The normalized spacial score (nSPS) is 11.6. The van der Waals surface area contributed by atoms with Crippen LogP contribution in [0.15, 0.2) is 50.2 Å². The van der Waals surface area contributed by atoms with Crippen molar-refractivity contribution in [2.75, 3.05) is 5.73 Å². The van der Waals surface area contributed by atoms with Crippen molar-refractivity contribution in [3.8, 4) is 0 Å². The summed E-state index contributed by atoms with van der Waals surface area (Å²) in [5, 5.41) is 0. The van der Waals surface area contributed by atoms with Crippen LogP contribution in [0.25, 0.3) is 0 Å². The number of nitrogen functional groups attached to an aromatic ring is 1. The van der Waals surface area contributed by atoms with Crippen LogP contribution in [0.3, 0.4) is 0 Å². The van der Waals surface area contributed by atoms with Gasteiger partial charge in [0.25, 0.3) is 0 Å². The second-order valence-electron chi connectivity index (χ2n) is 4.18. The van der Waals surface area contributed by atoms with E-state index in [4.69, 9.17) is 5.73 Å². The number of benzene rings is 2. The highest BCUT2D eigenvalue weighted by atomic mass is 79.9. The molecule has 0 aliphatic heterocycles. The predicted octanol–water partition coefficient (Wildman–Crippen LogP) is 3.91. The molecule has 0 heterocycles. The first-order valence-electron chi connectivity index (χ1n) is 5.51. The fourth-order valence-electron chi connectivity index (χ4n) is 1.70. The van der Waals surface area contributed by atoms with Crippen molar-refractivity contribution < 1.29 is 12.8 Å². The lowest BCUT2D eigenvalue weighted by Gasteiger charge is -2.09. The molecule has 0 spiro atoms. The zero-order valence-corrected chi connectivity index (χ0v) is 14.1.